The van der Waals surface area contributed by atoms with Crippen LogP contribution >= 0.6 is 0 Å². The van der Waals surface area contributed by atoms with Gasteiger partial charge in [0, 0.05) is 17.5 Å². The lowest BCUT2D eigenvalue weighted by molar-refractivity contribution is -0.121. The molecule has 1 aliphatic carbocycles. The maximum Gasteiger partial charge on any atom is 0.224 e. The van der Waals surface area contributed by atoms with Gasteiger partial charge in [0.2, 0.25) is 5.91 Å². The third-order valence-electron chi connectivity index (χ3n) is 4.06. The molecular formula is C15H19F2NO2. The highest BCUT2D eigenvalue weighted by Gasteiger charge is 2.33. The summed E-state index contributed by atoms with van der Waals surface area (Å²) in [5.74, 6) is -1.84. The highest BCUT2D eigenvalue weighted by molar-refractivity contribution is 5.78. The molecule has 3 nitrogen and oxygen atoms in total. The van der Waals surface area contributed by atoms with Crippen LogP contribution in [0.2, 0.25) is 0 Å². The second-order valence-electron chi connectivity index (χ2n) is 5.52. The van der Waals surface area contributed by atoms with E-state index in [4.69, 9.17) is 0 Å². The zero-order valence-corrected chi connectivity index (χ0v) is 11.3. The molecule has 1 aliphatic rings. The van der Waals surface area contributed by atoms with Gasteiger partial charge in [-0.1, -0.05) is 18.9 Å². The van der Waals surface area contributed by atoms with Crippen molar-refractivity contribution in [1.29, 1.82) is 0 Å². The minimum atomic E-state index is -0.710. The van der Waals surface area contributed by atoms with Gasteiger partial charge >= 0.3 is 0 Å². The number of carbonyl (C=O) groups is 1. The fourth-order valence-electron chi connectivity index (χ4n) is 2.73. The Morgan fingerprint density at radius 3 is 2.40 bits per heavy atom. The van der Waals surface area contributed by atoms with Crippen molar-refractivity contribution < 1.29 is 18.7 Å². The van der Waals surface area contributed by atoms with Gasteiger partial charge in [0.25, 0.3) is 0 Å². The van der Waals surface area contributed by atoms with E-state index in [2.05, 4.69) is 5.32 Å². The smallest absolute Gasteiger partial charge is 0.224 e. The van der Waals surface area contributed by atoms with Crippen LogP contribution in [0.5, 0.6) is 0 Å². The Morgan fingerprint density at radius 1 is 1.25 bits per heavy atom. The Bertz CT molecular complexity index is 465. The first-order valence-corrected chi connectivity index (χ1v) is 6.87. The fraction of sp³-hybridized carbons (Fsp3) is 0.533. The molecule has 2 N–H and O–H groups in total. The van der Waals surface area contributed by atoms with Crippen LogP contribution in [-0.4, -0.2) is 24.2 Å². The van der Waals surface area contributed by atoms with Crippen molar-refractivity contribution in [2.45, 2.75) is 32.1 Å². The van der Waals surface area contributed by atoms with Crippen molar-refractivity contribution in [2.75, 3.05) is 13.2 Å². The quantitative estimate of drug-likeness (QED) is 0.870. The van der Waals surface area contributed by atoms with Crippen molar-refractivity contribution >= 4 is 5.91 Å². The normalized spacial score (nSPS) is 17.1. The van der Waals surface area contributed by atoms with Gasteiger partial charge in [-0.05, 0) is 25.0 Å². The highest BCUT2D eigenvalue weighted by atomic mass is 19.1. The number of halogens is 2. The number of hydrogen-bond donors (Lipinski definition) is 2. The average Bonchev–Trinajstić information content (AvgIpc) is 2.90. The van der Waals surface area contributed by atoms with Gasteiger partial charge < -0.3 is 10.4 Å². The largest absolute Gasteiger partial charge is 0.396 e. The number of nitrogens with one attached hydrogen (secondary N) is 1. The molecule has 1 fully saturated rings. The van der Waals surface area contributed by atoms with E-state index in [0.717, 1.165) is 37.8 Å². The van der Waals surface area contributed by atoms with E-state index in [-0.39, 0.29) is 24.0 Å². The van der Waals surface area contributed by atoms with E-state index in [0.29, 0.717) is 6.54 Å². The minimum absolute atomic E-state index is 0.0291. The second-order valence-corrected chi connectivity index (χ2v) is 5.52. The lowest BCUT2D eigenvalue weighted by atomic mass is 9.87. The van der Waals surface area contributed by atoms with Gasteiger partial charge in [-0.2, -0.15) is 0 Å². The monoisotopic (exact) mass is 283 g/mol. The maximum atomic E-state index is 13.4. The molecule has 0 saturated heterocycles. The topological polar surface area (TPSA) is 49.3 Å². The molecule has 0 bridgehead atoms. The van der Waals surface area contributed by atoms with E-state index in [1.807, 2.05) is 0 Å². The van der Waals surface area contributed by atoms with Crippen LogP contribution in [0, 0.1) is 17.0 Å². The minimum Gasteiger partial charge on any atom is -0.396 e. The van der Waals surface area contributed by atoms with E-state index in [1.165, 1.54) is 6.07 Å². The molecule has 0 unspecified atom stereocenters. The molecule has 0 heterocycles. The predicted molar refractivity (Wildman–Crippen MR) is 71.1 cm³/mol. The van der Waals surface area contributed by atoms with Crippen LogP contribution in [0.4, 0.5) is 8.78 Å². The first kappa shape index (κ1) is 14.9. The molecule has 5 heteroatoms. The van der Waals surface area contributed by atoms with E-state index >= 15 is 0 Å². The van der Waals surface area contributed by atoms with Crippen LogP contribution in [0.15, 0.2) is 18.2 Å². The van der Waals surface area contributed by atoms with Gasteiger partial charge in [-0.3, -0.25) is 4.79 Å². The highest BCUT2D eigenvalue weighted by Crippen LogP contribution is 2.36. The lowest BCUT2D eigenvalue weighted by Gasteiger charge is -2.26. The molecule has 0 spiro atoms. The van der Waals surface area contributed by atoms with Crippen LogP contribution in [0.3, 0.4) is 0 Å². The van der Waals surface area contributed by atoms with Crippen molar-refractivity contribution in [1.82, 2.24) is 5.32 Å². The SMILES string of the molecule is O=C(Cc1c(F)cccc1F)NCC1(CO)CCCC1. The summed E-state index contributed by atoms with van der Waals surface area (Å²) >= 11 is 0. The molecule has 1 aromatic carbocycles. The van der Waals surface area contributed by atoms with Gasteiger partial charge in [0.15, 0.2) is 0 Å². The number of carbonyl (C=O) groups excluding carboxylic acids is 1. The summed E-state index contributed by atoms with van der Waals surface area (Å²) in [6.45, 7) is 0.389. The number of aliphatic hydroxyl groups excluding tert-OH is 1. The average molecular weight is 283 g/mol. The van der Waals surface area contributed by atoms with Crippen LogP contribution in [0.1, 0.15) is 31.2 Å². The first-order valence-electron chi connectivity index (χ1n) is 6.87. The van der Waals surface area contributed by atoms with Crippen LogP contribution in [0.25, 0.3) is 0 Å². The molecule has 1 saturated carbocycles. The Kier molecular flexibility index (Phi) is 4.70. The van der Waals surface area contributed by atoms with Crippen molar-refractivity contribution in [2.24, 2.45) is 5.41 Å². The van der Waals surface area contributed by atoms with Gasteiger partial charge in [-0.15, -0.1) is 0 Å². The van der Waals surface area contributed by atoms with Crippen molar-refractivity contribution in [3.05, 3.63) is 35.4 Å². The van der Waals surface area contributed by atoms with E-state index < -0.39 is 17.5 Å². The molecule has 2 rings (SSSR count). The summed E-state index contributed by atoms with van der Waals surface area (Å²) in [4.78, 5) is 11.8. The third kappa shape index (κ3) is 3.33. The molecule has 1 amide bonds. The summed E-state index contributed by atoms with van der Waals surface area (Å²) in [5.41, 5.74) is -0.474. The van der Waals surface area contributed by atoms with Crippen molar-refractivity contribution in [3.8, 4) is 0 Å². The maximum absolute atomic E-state index is 13.4. The first-order chi connectivity index (χ1) is 9.56. The number of rotatable bonds is 5. The number of amides is 1. The van der Waals surface area contributed by atoms with Crippen molar-refractivity contribution in [3.63, 3.8) is 0 Å². The van der Waals surface area contributed by atoms with Gasteiger partial charge in [-0.25, -0.2) is 8.78 Å². The van der Waals surface area contributed by atoms with Crippen LogP contribution in [-0.2, 0) is 11.2 Å². The van der Waals surface area contributed by atoms with E-state index in [9.17, 15) is 18.7 Å². The molecule has 0 aliphatic heterocycles. The Hall–Kier alpha value is -1.49. The fourth-order valence-corrected chi connectivity index (χ4v) is 2.73. The van der Waals surface area contributed by atoms with E-state index in [1.54, 1.807) is 0 Å². The molecule has 0 radical (unpaired) electrons. The summed E-state index contributed by atoms with van der Waals surface area (Å²) in [7, 11) is 0. The zero-order chi connectivity index (χ0) is 14.6. The summed E-state index contributed by atoms with van der Waals surface area (Å²) < 4.78 is 26.9. The molecule has 1 aromatic rings. The third-order valence-corrected chi connectivity index (χ3v) is 4.06. The Balaban J connectivity index is 1.93. The molecule has 110 valence electrons. The Labute approximate surface area is 117 Å². The van der Waals surface area contributed by atoms with Crippen LogP contribution < -0.4 is 5.32 Å². The van der Waals surface area contributed by atoms with Gasteiger partial charge in [0.05, 0.1) is 13.0 Å². The predicted octanol–water partition coefficient (Wildman–Crippen LogP) is 2.18. The zero-order valence-electron chi connectivity index (χ0n) is 11.3. The standard InChI is InChI=1S/C15H19F2NO2/c16-12-4-3-5-13(17)11(12)8-14(20)18-9-15(10-19)6-1-2-7-15/h3-5,19H,1-2,6-10H2,(H,18,20). The molecule has 20 heavy (non-hydrogen) atoms. The Morgan fingerprint density at radius 2 is 1.85 bits per heavy atom. The van der Waals surface area contributed by atoms with Gasteiger partial charge in [0.1, 0.15) is 11.6 Å². The number of hydrogen-bond acceptors (Lipinski definition) is 2. The second kappa shape index (κ2) is 6.31. The molecular weight excluding hydrogens is 264 g/mol. The number of aliphatic hydroxyl groups is 1. The summed E-state index contributed by atoms with van der Waals surface area (Å²) in [5, 5.41) is 12.1. The lowest BCUT2D eigenvalue weighted by Crippen LogP contribution is -2.39. The summed E-state index contributed by atoms with van der Waals surface area (Å²) in [6.07, 6.45) is 3.51. The summed E-state index contributed by atoms with van der Waals surface area (Å²) in [6, 6.07) is 3.54. The molecule has 0 aromatic heterocycles. The molecule has 0 atom stereocenters. The number of benzene rings is 1.